The molecule has 0 unspecified atom stereocenters. The molecule has 0 radical (unpaired) electrons. The average molecular weight is 262 g/mol. The van der Waals surface area contributed by atoms with Crippen LogP contribution in [0.4, 0.5) is 0 Å². The van der Waals surface area contributed by atoms with E-state index in [4.69, 9.17) is 12.2 Å². The Hall–Kier alpha value is -2.28. The van der Waals surface area contributed by atoms with E-state index in [1.165, 1.54) is 6.21 Å². The van der Waals surface area contributed by atoms with Crippen LogP contribution in [-0.2, 0) is 6.54 Å². The van der Waals surface area contributed by atoms with Gasteiger partial charge >= 0.3 is 0 Å². The molecule has 0 fully saturated rings. The number of hydrogen-bond acceptors (Lipinski definition) is 5. The van der Waals surface area contributed by atoms with Crippen LogP contribution in [0.25, 0.3) is 0 Å². The summed E-state index contributed by atoms with van der Waals surface area (Å²) in [6.45, 7) is 0.400. The summed E-state index contributed by atoms with van der Waals surface area (Å²) in [7, 11) is 0. The first-order valence-corrected chi connectivity index (χ1v) is 5.52. The third-order valence-corrected chi connectivity index (χ3v) is 2.41. The smallest absolute Gasteiger partial charge is 0.264 e. The molecule has 0 aromatic carbocycles. The molecule has 0 aliphatic carbocycles. The van der Waals surface area contributed by atoms with Crippen LogP contribution >= 0.6 is 12.2 Å². The second kappa shape index (κ2) is 5.37. The zero-order valence-corrected chi connectivity index (χ0v) is 10.1. The summed E-state index contributed by atoms with van der Waals surface area (Å²) in [5.74, 6) is -0.290. The number of aromatic amines is 2. The van der Waals surface area contributed by atoms with Crippen molar-refractivity contribution in [3.63, 3.8) is 0 Å². The zero-order chi connectivity index (χ0) is 13.0. The van der Waals surface area contributed by atoms with Gasteiger partial charge in [-0.2, -0.15) is 0 Å². The van der Waals surface area contributed by atoms with Crippen molar-refractivity contribution in [2.45, 2.75) is 6.54 Å². The maximum Gasteiger partial charge on any atom is 0.264 e. The van der Waals surface area contributed by atoms with Crippen molar-refractivity contribution in [3.05, 3.63) is 50.8 Å². The molecular weight excluding hydrogens is 252 g/mol. The molecule has 7 heteroatoms. The highest BCUT2D eigenvalue weighted by atomic mass is 32.1. The van der Waals surface area contributed by atoms with Crippen molar-refractivity contribution in [2.75, 3.05) is 0 Å². The molecule has 0 saturated carbocycles. The SMILES string of the molecule is O=c1[nH]c(=S)[nH]c(O)c1C=NCc1ccncc1. The van der Waals surface area contributed by atoms with Gasteiger partial charge in [-0.1, -0.05) is 0 Å². The monoisotopic (exact) mass is 262 g/mol. The summed E-state index contributed by atoms with van der Waals surface area (Å²) in [4.78, 5) is 24.3. The third-order valence-electron chi connectivity index (χ3n) is 2.20. The van der Waals surface area contributed by atoms with E-state index in [1.807, 2.05) is 12.1 Å². The van der Waals surface area contributed by atoms with Crippen molar-refractivity contribution in [3.8, 4) is 5.88 Å². The maximum absolute atomic E-state index is 11.5. The van der Waals surface area contributed by atoms with E-state index in [9.17, 15) is 9.90 Å². The summed E-state index contributed by atoms with van der Waals surface area (Å²) in [6.07, 6.45) is 4.63. The molecule has 0 atom stereocenters. The Labute approximate surface area is 107 Å². The highest BCUT2D eigenvalue weighted by Crippen LogP contribution is 2.05. The van der Waals surface area contributed by atoms with Gasteiger partial charge in [0.1, 0.15) is 5.56 Å². The Morgan fingerprint density at radius 2 is 2.11 bits per heavy atom. The number of H-pyrrole nitrogens is 2. The molecule has 92 valence electrons. The Morgan fingerprint density at radius 1 is 1.39 bits per heavy atom. The lowest BCUT2D eigenvalue weighted by molar-refractivity contribution is 0.449. The summed E-state index contributed by atoms with van der Waals surface area (Å²) in [5, 5.41) is 9.53. The molecule has 6 nitrogen and oxygen atoms in total. The Bertz CT molecular complexity index is 675. The number of nitrogens with zero attached hydrogens (tertiary/aromatic N) is 2. The van der Waals surface area contributed by atoms with Gasteiger partial charge in [0.15, 0.2) is 4.77 Å². The van der Waals surface area contributed by atoms with Crippen LogP contribution in [-0.4, -0.2) is 26.3 Å². The fraction of sp³-hybridized carbons (Fsp3) is 0.0909. The molecule has 2 aromatic rings. The standard InChI is InChI=1S/C11H10N4O2S/c16-9-8(10(17)15-11(18)14-9)6-13-5-7-1-3-12-4-2-7/h1-4,6H,5H2,(H3,14,15,16,17,18). The van der Waals surface area contributed by atoms with E-state index in [2.05, 4.69) is 19.9 Å². The third kappa shape index (κ3) is 2.89. The van der Waals surface area contributed by atoms with Gasteiger partial charge in [-0.05, 0) is 29.9 Å². The lowest BCUT2D eigenvalue weighted by Gasteiger charge is -1.97. The molecule has 3 N–H and O–H groups in total. The summed E-state index contributed by atoms with van der Waals surface area (Å²) < 4.78 is 0.0729. The first-order valence-electron chi connectivity index (χ1n) is 5.11. The predicted octanol–water partition coefficient (Wildman–Crippen LogP) is 1.15. The first-order chi connectivity index (χ1) is 8.66. The molecule has 0 amide bonds. The number of nitrogens with one attached hydrogen (secondary N) is 2. The molecule has 0 spiro atoms. The quantitative estimate of drug-likeness (QED) is 0.571. The van der Waals surface area contributed by atoms with Gasteiger partial charge in [-0.3, -0.25) is 19.8 Å². The molecular formula is C11H10N4O2S. The van der Waals surface area contributed by atoms with Crippen LogP contribution in [0.3, 0.4) is 0 Å². The van der Waals surface area contributed by atoms with Crippen molar-refractivity contribution < 1.29 is 5.11 Å². The van der Waals surface area contributed by atoms with Crippen LogP contribution in [0, 0.1) is 4.77 Å². The molecule has 0 aliphatic rings. The van der Waals surface area contributed by atoms with Crippen LogP contribution in [0.15, 0.2) is 34.3 Å². The molecule has 18 heavy (non-hydrogen) atoms. The number of hydrogen-bond donors (Lipinski definition) is 3. The van der Waals surface area contributed by atoms with Gasteiger partial charge in [-0.25, -0.2) is 0 Å². The van der Waals surface area contributed by atoms with E-state index in [-0.39, 0.29) is 16.2 Å². The van der Waals surface area contributed by atoms with Gasteiger partial charge in [0.05, 0.1) is 6.54 Å². The van der Waals surface area contributed by atoms with Crippen molar-refractivity contribution >= 4 is 18.4 Å². The second-order valence-electron chi connectivity index (χ2n) is 3.50. The maximum atomic E-state index is 11.5. The molecule has 2 rings (SSSR count). The normalized spacial score (nSPS) is 10.9. The minimum atomic E-state index is -0.477. The van der Waals surface area contributed by atoms with E-state index >= 15 is 0 Å². The van der Waals surface area contributed by atoms with E-state index in [0.717, 1.165) is 5.56 Å². The van der Waals surface area contributed by atoms with Crippen LogP contribution < -0.4 is 5.56 Å². The van der Waals surface area contributed by atoms with E-state index in [1.54, 1.807) is 12.4 Å². The van der Waals surface area contributed by atoms with Gasteiger partial charge in [0.2, 0.25) is 5.88 Å². The van der Waals surface area contributed by atoms with Crippen LogP contribution in [0.1, 0.15) is 11.1 Å². The van der Waals surface area contributed by atoms with Gasteiger partial charge in [-0.15, -0.1) is 0 Å². The minimum absolute atomic E-state index is 0.0534. The summed E-state index contributed by atoms with van der Waals surface area (Å²) in [6, 6.07) is 3.64. The summed E-state index contributed by atoms with van der Waals surface area (Å²) >= 11 is 4.71. The lowest BCUT2D eigenvalue weighted by Crippen LogP contribution is -2.13. The van der Waals surface area contributed by atoms with Gasteiger partial charge < -0.3 is 10.1 Å². The van der Waals surface area contributed by atoms with Crippen LogP contribution in [0.2, 0.25) is 0 Å². The second-order valence-corrected chi connectivity index (χ2v) is 3.90. The van der Waals surface area contributed by atoms with Gasteiger partial charge in [0.25, 0.3) is 5.56 Å². The number of aromatic nitrogens is 3. The molecule has 0 bridgehead atoms. The fourth-order valence-corrected chi connectivity index (χ4v) is 1.52. The first kappa shape index (κ1) is 12.2. The Kier molecular flexibility index (Phi) is 3.63. The predicted molar refractivity (Wildman–Crippen MR) is 69.4 cm³/mol. The largest absolute Gasteiger partial charge is 0.494 e. The molecule has 0 aliphatic heterocycles. The number of aliphatic imine (C=N–C) groups is 1. The molecule has 0 saturated heterocycles. The highest BCUT2D eigenvalue weighted by Gasteiger charge is 2.03. The Balaban J connectivity index is 2.20. The molecule has 2 aromatic heterocycles. The summed E-state index contributed by atoms with van der Waals surface area (Å²) in [5.41, 5.74) is 0.536. The number of pyridine rings is 1. The van der Waals surface area contributed by atoms with Crippen LogP contribution in [0.5, 0.6) is 5.88 Å². The van der Waals surface area contributed by atoms with Gasteiger partial charge in [0, 0.05) is 18.6 Å². The zero-order valence-electron chi connectivity index (χ0n) is 9.25. The van der Waals surface area contributed by atoms with E-state index < -0.39 is 5.56 Å². The van der Waals surface area contributed by atoms with E-state index in [0.29, 0.717) is 6.54 Å². The van der Waals surface area contributed by atoms with Crippen molar-refractivity contribution in [2.24, 2.45) is 4.99 Å². The topological polar surface area (TPSA) is 94.1 Å². The number of aromatic hydroxyl groups is 1. The molecule has 2 heterocycles. The average Bonchev–Trinajstić information content (AvgIpc) is 2.34. The van der Waals surface area contributed by atoms with Crippen molar-refractivity contribution in [1.82, 2.24) is 15.0 Å². The van der Waals surface area contributed by atoms with Crippen molar-refractivity contribution in [1.29, 1.82) is 0 Å². The fourth-order valence-electron chi connectivity index (χ4n) is 1.33. The lowest BCUT2D eigenvalue weighted by atomic mass is 10.3. The Morgan fingerprint density at radius 3 is 2.78 bits per heavy atom. The highest BCUT2D eigenvalue weighted by molar-refractivity contribution is 7.71. The number of rotatable bonds is 3. The minimum Gasteiger partial charge on any atom is -0.494 e.